The quantitative estimate of drug-likeness (QED) is 0.122. The molecule has 0 bridgehead atoms. The van der Waals surface area contributed by atoms with Gasteiger partial charge in [-0.2, -0.15) is 0 Å². The maximum Gasteiger partial charge on any atom is 0.326 e. The van der Waals surface area contributed by atoms with Gasteiger partial charge in [-0.15, -0.1) is 0 Å². The lowest BCUT2D eigenvalue weighted by Crippen LogP contribution is -2.70. The van der Waals surface area contributed by atoms with Gasteiger partial charge < -0.3 is 25.4 Å². The number of fused-ring (bicyclic) bond motifs is 5. The number of hydrogen-bond donors (Lipinski definition) is 4. The molecule has 0 aliphatic heterocycles. The molecular formula is C43H65NO9. The van der Waals surface area contributed by atoms with Crippen molar-refractivity contribution in [2.75, 3.05) is 6.61 Å². The molecule has 0 aromatic rings. The Morgan fingerprint density at radius 2 is 1.51 bits per heavy atom. The third kappa shape index (κ3) is 5.98. The summed E-state index contributed by atoms with van der Waals surface area (Å²) in [4.78, 5) is 65.3. The highest BCUT2D eigenvalue weighted by molar-refractivity contribution is 5.89. The van der Waals surface area contributed by atoms with Crippen molar-refractivity contribution < 1.29 is 44.0 Å². The molecule has 5 aliphatic carbocycles. The van der Waals surface area contributed by atoms with E-state index in [-0.39, 0.29) is 59.4 Å². The summed E-state index contributed by atoms with van der Waals surface area (Å²) in [5, 5.41) is 33.8. The van der Waals surface area contributed by atoms with Crippen LogP contribution in [0, 0.1) is 73.4 Å². The lowest BCUT2D eigenvalue weighted by molar-refractivity contribution is -0.253. The van der Waals surface area contributed by atoms with E-state index in [1.54, 1.807) is 0 Å². The van der Waals surface area contributed by atoms with Gasteiger partial charge in [0.2, 0.25) is 5.91 Å². The van der Waals surface area contributed by atoms with E-state index in [1.807, 2.05) is 20.8 Å². The molecular weight excluding hydrogens is 674 g/mol. The van der Waals surface area contributed by atoms with Crippen LogP contribution in [0.4, 0.5) is 0 Å². The SMILES string of the molecule is C=C(C)C1CCC2(C(=O)NC(C(=O)O)C(C)(C)C)CCC3(C)C(CCC4C3(C)CCC3(C=CC3C)C4(C)C(COC(=O)CC(C)(C)C(=O)O)C(=O)O)C12. The molecule has 0 radical (unpaired) electrons. The van der Waals surface area contributed by atoms with Crippen LogP contribution >= 0.6 is 0 Å². The van der Waals surface area contributed by atoms with E-state index in [1.165, 1.54) is 13.8 Å². The lowest BCUT2D eigenvalue weighted by atomic mass is 9.29. The molecule has 10 heteroatoms. The largest absolute Gasteiger partial charge is 0.481 e. The van der Waals surface area contributed by atoms with Crippen molar-refractivity contribution in [1.82, 2.24) is 5.32 Å². The highest BCUT2D eigenvalue weighted by Gasteiger charge is 2.75. The first-order valence-electron chi connectivity index (χ1n) is 19.8. The second kappa shape index (κ2) is 13.2. The van der Waals surface area contributed by atoms with Crippen LogP contribution in [0.5, 0.6) is 0 Å². The van der Waals surface area contributed by atoms with Gasteiger partial charge in [0.25, 0.3) is 0 Å². The smallest absolute Gasteiger partial charge is 0.326 e. The van der Waals surface area contributed by atoms with Crippen LogP contribution in [0.25, 0.3) is 0 Å². The number of aliphatic carboxylic acids is 3. The number of carbonyl (C=O) groups is 5. The van der Waals surface area contributed by atoms with Gasteiger partial charge in [0.1, 0.15) is 12.6 Å². The molecule has 4 saturated carbocycles. The molecule has 10 nitrogen and oxygen atoms in total. The minimum atomic E-state index is -1.35. The molecule has 53 heavy (non-hydrogen) atoms. The van der Waals surface area contributed by atoms with Crippen LogP contribution < -0.4 is 5.32 Å². The van der Waals surface area contributed by atoms with Crippen molar-refractivity contribution in [2.24, 2.45) is 73.4 Å². The van der Waals surface area contributed by atoms with E-state index >= 15 is 0 Å². The van der Waals surface area contributed by atoms with Crippen LogP contribution in [-0.2, 0) is 28.7 Å². The normalized spacial score (nSPS) is 40.1. The molecule has 5 aliphatic rings. The topological polar surface area (TPSA) is 167 Å². The number of rotatable bonds is 11. The van der Waals surface area contributed by atoms with Crippen molar-refractivity contribution in [3.05, 3.63) is 24.3 Å². The van der Waals surface area contributed by atoms with Crippen molar-refractivity contribution >= 4 is 29.8 Å². The Labute approximate surface area is 316 Å². The summed E-state index contributed by atoms with van der Waals surface area (Å²) in [6, 6.07) is -1.03. The van der Waals surface area contributed by atoms with Gasteiger partial charge in [-0.3, -0.25) is 19.2 Å². The summed E-state index contributed by atoms with van der Waals surface area (Å²) in [7, 11) is 0. The van der Waals surface area contributed by atoms with E-state index in [0.717, 1.165) is 44.1 Å². The van der Waals surface area contributed by atoms with Crippen LogP contribution in [-0.4, -0.2) is 57.8 Å². The van der Waals surface area contributed by atoms with Gasteiger partial charge in [0.15, 0.2) is 0 Å². The van der Waals surface area contributed by atoms with E-state index in [2.05, 4.69) is 58.7 Å². The number of carboxylic acids is 3. The molecule has 296 valence electrons. The second-order valence-corrected chi connectivity index (χ2v) is 20.3. The molecule has 5 rings (SSSR count). The molecule has 4 fully saturated rings. The first-order chi connectivity index (χ1) is 24.3. The lowest BCUT2D eigenvalue weighted by Gasteiger charge is -2.74. The highest BCUT2D eigenvalue weighted by Crippen LogP contribution is 2.79. The summed E-state index contributed by atoms with van der Waals surface area (Å²) in [6.07, 6.45) is 10.1. The molecule has 0 aromatic heterocycles. The maximum absolute atomic E-state index is 14.6. The van der Waals surface area contributed by atoms with Gasteiger partial charge in [-0.05, 0) is 123 Å². The Hall–Kier alpha value is -3.17. The monoisotopic (exact) mass is 739 g/mol. The number of carboxylic acid groups (broad SMARTS) is 3. The molecule has 12 atom stereocenters. The van der Waals surface area contributed by atoms with Crippen LogP contribution in [0.15, 0.2) is 24.3 Å². The number of esters is 1. The summed E-state index contributed by atoms with van der Waals surface area (Å²) in [6.45, 7) is 23.5. The maximum atomic E-state index is 14.6. The van der Waals surface area contributed by atoms with Crippen LogP contribution in [0.1, 0.15) is 127 Å². The van der Waals surface area contributed by atoms with E-state index in [9.17, 15) is 39.3 Å². The second-order valence-electron chi connectivity index (χ2n) is 20.3. The summed E-state index contributed by atoms with van der Waals surface area (Å²) in [5.41, 5.74) is -3.49. The van der Waals surface area contributed by atoms with Crippen molar-refractivity contribution in [3.63, 3.8) is 0 Å². The molecule has 1 spiro atoms. The summed E-state index contributed by atoms with van der Waals surface area (Å²) in [5.74, 6) is -4.80. The fourth-order valence-corrected chi connectivity index (χ4v) is 13.0. The Bertz CT molecular complexity index is 1590. The third-order valence-electron chi connectivity index (χ3n) is 16.5. The molecule has 0 heterocycles. The number of amides is 1. The van der Waals surface area contributed by atoms with Gasteiger partial charge in [0, 0.05) is 5.41 Å². The number of ether oxygens (including phenoxy) is 1. The zero-order chi connectivity index (χ0) is 39.9. The van der Waals surface area contributed by atoms with Crippen molar-refractivity contribution in [2.45, 2.75) is 133 Å². The van der Waals surface area contributed by atoms with Crippen LogP contribution in [0.3, 0.4) is 0 Å². The Morgan fingerprint density at radius 3 is 2.00 bits per heavy atom. The Kier molecular flexibility index (Phi) is 10.2. The predicted molar refractivity (Wildman–Crippen MR) is 200 cm³/mol. The van der Waals surface area contributed by atoms with Gasteiger partial charge in [0.05, 0.1) is 23.2 Å². The molecule has 12 unspecified atom stereocenters. The number of carbonyl (C=O) groups excluding carboxylic acids is 2. The molecule has 4 N–H and O–H groups in total. The Morgan fingerprint density at radius 1 is 0.887 bits per heavy atom. The van der Waals surface area contributed by atoms with E-state index < -0.39 is 62.9 Å². The standard InChI is InChI=1S/C43H65NO9/c1-24(2)26-15-16-42(35(50)44-32(34(48)49)37(4,5)6)20-18-39(9)27(31(26)42)12-13-29-40(39,10)19-21-43(17-14-25(43)3)41(29,11)28(33(46)47)23-53-30(45)22-38(7,8)36(51)52/h14,17,25-29,31-32H,1,12-13,15-16,18-23H2,2-11H3,(H,44,50)(H,46,47)(H,48,49)(H,51,52). The molecule has 1 amide bonds. The van der Waals surface area contributed by atoms with Crippen molar-refractivity contribution in [3.8, 4) is 0 Å². The predicted octanol–water partition coefficient (Wildman–Crippen LogP) is 7.76. The number of nitrogens with one attached hydrogen (secondary N) is 1. The molecule has 0 saturated heterocycles. The number of hydrogen-bond acceptors (Lipinski definition) is 6. The fourth-order valence-electron chi connectivity index (χ4n) is 13.0. The fraction of sp³-hybridized carbons (Fsp3) is 0.791. The average Bonchev–Trinajstić information content (AvgIpc) is 3.43. The third-order valence-corrected chi connectivity index (χ3v) is 16.5. The minimum Gasteiger partial charge on any atom is -0.481 e. The van der Waals surface area contributed by atoms with E-state index in [4.69, 9.17) is 4.74 Å². The molecule has 0 aromatic carbocycles. The minimum absolute atomic E-state index is 0.0237. The Balaban J connectivity index is 1.55. The van der Waals surface area contributed by atoms with E-state index in [0.29, 0.717) is 12.8 Å². The first-order valence-corrected chi connectivity index (χ1v) is 19.8. The average molecular weight is 740 g/mol. The first kappa shape index (κ1) is 41.0. The number of allylic oxidation sites excluding steroid dienone is 3. The van der Waals surface area contributed by atoms with Crippen LogP contribution in [0.2, 0.25) is 0 Å². The zero-order valence-corrected chi connectivity index (χ0v) is 33.8. The summed E-state index contributed by atoms with van der Waals surface area (Å²) < 4.78 is 5.72. The van der Waals surface area contributed by atoms with Crippen molar-refractivity contribution in [1.29, 1.82) is 0 Å². The van der Waals surface area contributed by atoms with Gasteiger partial charge in [-0.25, -0.2) is 4.79 Å². The summed E-state index contributed by atoms with van der Waals surface area (Å²) >= 11 is 0. The zero-order valence-electron chi connectivity index (χ0n) is 33.8. The van der Waals surface area contributed by atoms with Gasteiger partial charge in [-0.1, -0.05) is 72.8 Å². The highest BCUT2D eigenvalue weighted by atomic mass is 16.5. The van der Waals surface area contributed by atoms with Gasteiger partial charge >= 0.3 is 23.9 Å².